The van der Waals surface area contributed by atoms with Crippen LogP contribution < -0.4 is 10.2 Å². The van der Waals surface area contributed by atoms with E-state index in [1.807, 2.05) is 18.2 Å². The molecule has 1 saturated heterocycles. The Morgan fingerprint density at radius 1 is 1.14 bits per heavy atom. The molecule has 1 aromatic carbocycles. The van der Waals surface area contributed by atoms with Crippen molar-refractivity contribution < 1.29 is 14.6 Å². The highest BCUT2D eigenvalue weighted by Gasteiger charge is 2.39. The molecule has 1 aliphatic heterocycles. The van der Waals surface area contributed by atoms with Crippen molar-refractivity contribution in [3.05, 3.63) is 65.5 Å². The van der Waals surface area contributed by atoms with E-state index in [0.29, 0.717) is 34.8 Å². The molecule has 190 valence electrons. The third kappa shape index (κ3) is 5.17. The van der Waals surface area contributed by atoms with Crippen molar-refractivity contribution in [3.8, 4) is 6.07 Å². The monoisotopic (exact) mass is 498 g/mol. The van der Waals surface area contributed by atoms with E-state index in [2.05, 4.69) is 38.5 Å². The minimum absolute atomic E-state index is 0.161. The first-order valence-electron chi connectivity index (χ1n) is 12.5. The van der Waals surface area contributed by atoms with Gasteiger partial charge in [-0.3, -0.25) is 4.79 Å². The third-order valence-electron chi connectivity index (χ3n) is 7.25. The summed E-state index contributed by atoms with van der Waals surface area (Å²) in [5, 5.41) is 23.0. The maximum Gasteiger partial charge on any atom is 0.229 e. The number of carbonyl (C=O) groups is 1. The second-order valence-electron chi connectivity index (χ2n) is 9.88. The Balaban J connectivity index is 1.35. The van der Waals surface area contributed by atoms with Gasteiger partial charge < -0.3 is 20.1 Å². The molecule has 0 atom stereocenters. The van der Waals surface area contributed by atoms with Gasteiger partial charge in [-0.1, -0.05) is 18.2 Å². The Kier molecular flexibility index (Phi) is 6.87. The van der Waals surface area contributed by atoms with Crippen molar-refractivity contribution in [2.45, 2.75) is 44.1 Å². The molecule has 2 N–H and O–H groups in total. The maximum absolute atomic E-state index is 12.4. The highest BCUT2D eigenvalue weighted by molar-refractivity contribution is 5.99. The molecule has 9 nitrogen and oxygen atoms in total. The van der Waals surface area contributed by atoms with Crippen LogP contribution in [0.5, 0.6) is 0 Å². The van der Waals surface area contributed by atoms with Gasteiger partial charge in [-0.15, -0.1) is 0 Å². The van der Waals surface area contributed by atoms with E-state index >= 15 is 0 Å². The number of hydrogen-bond acceptors (Lipinski definition) is 9. The van der Waals surface area contributed by atoms with E-state index < -0.39 is 5.60 Å². The molecule has 5 rings (SSSR count). The predicted octanol–water partition coefficient (Wildman–Crippen LogP) is 4.60. The van der Waals surface area contributed by atoms with Crippen molar-refractivity contribution in [2.75, 3.05) is 30.5 Å². The molecular formula is C28H30N6O3. The highest BCUT2D eigenvalue weighted by Crippen LogP contribution is 2.36. The van der Waals surface area contributed by atoms with Gasteiger partial charge in [0.1, 0.15) is 11.6 Å². The number of pyridine rings is 1. The molecule has 0 amide bonds. The minimum atomic E-state index is -1.10. The van der Waals surface area contributed by atoms with Crippen molar-refractivity contribution in [1.29, 1.82) is 5.26 Å². The fourth-order valence-corrected chi connectivity index (χ4v) is 4.88. The second kappa shape index (κ2) is 10.2. The number of nitrogens with one attached hydrogen (secondary N) is 1. The van der Waals surface area contributed by atoms with Gasteiger partial charge in [0.05, 0.1) is 30.5 Å². The Morgan fingerprint density at radius 2 is 1.86 bits per heavy atom. The van der Waals surface area contributed by atoms with E-state index in [0.717, 1.165) is 31.4 Å². The zero-order valence-electron chi connectivity index (χ0n) is 21.0. The van der Waals surface area contributed by atoms with Crippen molar-refractivity contribution >= 4 is 29.1 Å². The molecule has 2 aliphatic rings. The lowest BCUT2D eigenvalue weighted by Crippen LogP contribution is -2.47. The number of benzene rings is 1. The lowest BCUT2D eigenvalue weighted by molar-refractivity contribution is -0.186. The average Bonchev–Trinajstić information content (AvgIpc) is 2.91. The van der Waals surface area contributed by atoms with Crippen LogP contribution in [0.4, 0.5) is 23.3 Å². The van der Waals surface area contributed by atoms with Gasteiger partial charge in [0.25, 0.3) is 0 Å². The summed E-state index contributed by atoms with van der Waals surface area (Å²) < 4.78 is 5.16. The number of Topliss-reactive ketones (excluding diaryl/α,β-unsaturated/α-hetero) is 1. The molecule has 3 aromatic rings. The van der Waals surface area contributed by atoms with Crippen LogP contribution in [-0.4, -0.2) is 46.1 Å². The minimum Gasteiger partial charge on any atom is -0.379 e. The first-order chi connectivity index (χ1) is 17.9. The number of rotatable bonds is 7. The van der Waals surface area contributed by atoms with E-state index in [9.17, 15) is 9.90 Å². The van der Waals surface area contributed by atoms with Crippen LogP contribution in [-0.2, 0) is 10.3 Å². The van der Waals surface area contributed by atoms with Gasteiger partial charge in [-0.25, -0.2) is 9.97 Å². The second-order valence-corrected chi connectivity index (χ2v) is 9.88. The van der Waals surface area contributed by atoms with Crippen LogP contribution in [0.2, 0.25) is 0 Å². The summed E-state index contributed by atoms with van der Waals surface area (Å²) in [5.74, 6) is 1.83. The Bertz CT molecular complexity index is 1320. The normalized spacial score (nSPS) is 20.4. The largest absolute Gasteiger partial charge is 0.379 e. The van der Waals surface area contributed by atoms with Gasteiger partial charge in [0.15, 0.2) is 11.4 Å². The lowest BCUT2D eigenvalue weighted by Gasteiger charge is -2.36. The average molecular weight is 499 g/mol. The number of nitriles is 1. The number of ether oxygens (including phenoxy) is 1. The van der Waals surface area contributed by atoms with Crippen LogP contribution in [0.1, 0.15) is 60.1 Å². The first kappa shape index (κ1) is 24.8. The van der Waals surface area contributed by atoms with Crippen LogP contribution >= 0.6 is 0 Å². The van der Waals surface area contributed by atoms with Gasteiger partial charge in [-0.2, -0.15) is 10.2 Å². The van der Waals surface area contributed by atoms with Crippen molar-refractivity contribution in [3.63, 3.8) is 0 Å². The summed E-state index contributed by atoms with van der Waals surface area (Å²) in [5.41, 5.74) is 1.90. The molecular weight excluding hydrogens is 468 g/mol. The molecule has 2 fully saturated rings. The van der Waals surface area contributed by atoms with Gasteiger partial charge in [-0.05, 0) is 68.4 Å². The molecule has 37 heavy (non-hydrogen) atoms. The van der Waals surface area contributed by atoms with Crippen molar-refractivity contribution in [1.82, 2.24) is 15.0 Å². The van der Waals surface area contributed by atoms with Gasteiger partial charge in [0, 0.05) is 24.8 Å². The number of aromatic nitrogens is 3. The Morgan fingerprint density at radius 3 is 2.49 bits per heavy atom. The Hall–Kier alpha value is -3.87. The SMILES string of the molecule is CC(=O)c1cnc(Nc2ccc(C3CCC(C#N)CC3)cc2)nc1N(C)c1cccc(C2(O)COC2)n1. The summed E-state index contributed by atoms with van der Waals surface area (Å²) in [6, 6.07) is 16.0. The summed E-state index contributed by atoms with van der Waals surface area (Å²) in [4.78, 5) is 27.7. The molecule has 1 aliphatic carbocycles. The van der Waals surface area contributed by atoms with E-state index in [1.54, 1.807) is 24.1 Å². The van der Waals surface area contributed by atoms with Gasteiger partial charge in [0.2, 0.25) is 5.95 Å². The fraction of sp³-hybridized carbons (Fsp3) is 0.393. The van der Waals surface area contributed by atoms with Crippen LogP contribution in [0, 0.1) is 17.2 Å². The number of hydrogen-bond donors (Lipinski definition) is 2. The molecule has 0 unspecified atom stereocenters. The lowest BCUT2D eigenvalue weighted by atomic mass is 9.79. The molecule has 0 spiro atoms. The molecule has 1 saturated carbocycles. The van der Waals surface area contributed by atoms with Crippen LogP contribution in [0.15, 0.2) is 48.7 Å². The number of carbonyl (C=O) groups excluding carboxylic acids is 1. The summed E-state index contributed by atoms with van der Waals surface area (Å²) in [7, 11) is 1.78. The van der Waals surface area contributed by atoms with Crippen LogP contribution in [0.3, 0.4) is 0 Å². The number of aliphatic hydroxyl groups is 1. The van der Waals surface area contributed by atoms with E-state index in [-0.39, 0.29) is 24.9 Å². The van der Waals surface area contributed by atoms with Gasteiger partial charge >= 0.3 is 0 Å². The maximum atomic E-state index is 12.4. The van der Waals surface area contributed by atoms with Crippen molar-refractivity contribution in [2.24, 2.45) is 5.92 Å². The third-order valence-corrected chi connectivity index (χ3v) is 7.25. The zero-order chi connectivity index (χ0) is 26.0. The molecule has 0 radical (unpaired) electrons. The molecule has 9 heteroatoms. The zero-order valence-corrected chi connectivity index (χ0v) is 21.0. The quantitative estimate of drug-likeness (QED) is 0.450. The number of nitrogens with zero attached hydrogens (tertiary/aromatic N) is 5. The highest BCUT2D eigenvalue weighted by atomic mass is 16.5. The first-order valence-corrected chi connectivity index (χ1v) is 12.5. The van der Waals surface area contributed by atoms with E-state index in [1.165, 1.54) is 18.7 Å². The smallest absolute Gasteiger partial charge is 0.229 e. The summed E-state index contributed by atoms with van der Waals surface area (Å²) in [6.45, 7) is 1.88. The van der Waals surface area contributed by atoms with E-state index in [4.69, 9.17) is 10.00 Å². The Labute approximate surface area is 216 Å². The predicted molar refractivity (Wildman–Crippen MR) is 139 cm³/mol. The fourth-order valence-electron chi connectivity index (χ4n) is 4.88. The standard InChI is InChI=1S/C28H30N6O3/c1-18(35)23-15-30-27(31-22-12-10-21(11-13-22)20-8-6-19(14-29)7-9-20)33-26(23)34(2)25-5-3-4-24(32-25)28(36)16-37-17-28/h3-5,10-13,15,19-20,36H,6-9,16-17H2,1-2H3,(H,30,31,33). The molecule has 0 bridgehead atoms. The number of ketones is 1. The summed E-state index contributed by atoms with van der Waals surface area (Å²) in [6.07, 6.45) is 5.51. The molecule has 3 heterocycles. The molecule has 2 aromatic heterocycles. The number of anilines is 4. The van der Waals surface area contributed by atoms with Crippen LogP contribution in [0.25, 0.3) is 0 Å². The summed E-state index contributed by atoms with van der Waals surface area (Å²) >= 11 is 0. The topological polar surface area (TPSA) is 124 Å².